The zero-order valence-corrected chi connectivity index (χ0v) is 14.2. The zero-order valence-electron chi connectivity index (χ0n) is 12.6. The number of benzene rings is 1. The number of aryl methyl sites for hydroxylation is 2. The second-order valence-electron chi connectivity index (χ2n) is 5.79. The summed E-state index contributed by atoms with van der Waals surface area (Å²) in [6.45, 7) is 0.377. The van der Waals surface area contributed by atoms with E-state index in [0.717, 1.165) is 28.9 Å². The third-order valence-corrected chi connectivity index (χ3v) is 5.85. The summed E-state index contributed by atoms with van der Waals surface area (Å²) < 4.78 is 14.1. The normalized spacial score (nSPS) is 13.5. The van der Waals surface area contributed by atoms with Crippen LogP contribution < -0.4 is 4.90 Å². The van der Waals surface area contributed by atoms with Crippen LogP contribution in [0.3, 0.4) is 0 Å². The van der Waals surface area contributed by atoms with Crippen LogP contribution in [0, 0.1) is 5.82 Å². The van der Waals surface area contributed by atoms with E-state index in [1.54, 1.807) is 29.8 Å². The van der Waals surface area contributed by atoms with Crippen LogP contribution in [0.15, 0.2) is 24.5 Å². The van der Waals surface area contributed by atoms with Crippen molar-refractivity contribution in [2.75, 3.05) is 11.9 Å². The fraction of sp³-hybridized carbons (Fsp3) is 0.294. The summed E-state index contributed by atoms with van der Waals surface area (Å²) >= 11 is 7.91. The van der Waals surface area contributed by atoms with Crippen LogP contribution in [0.2, 0.25) is 5.02 Å². The first-order valence-electron chi connectivity index (χ1n) is 7.54. The number of fused-ring (bicyclic) bond motifs is 3. The van der Waals surface area contributed by atoms with Crippen molar-refractivity contribution in [1.29, 1.82) is 0 Å². The molecule has 1 aliphatic carbocycles. The molecule has 0 fully saturated rings. The maximum atomic E-state index is 14.1. The summed E-state index contributed by atoms with van der Waals surface area (Å²) in [5, 5.41) is 1.57. The molecule has 0 spiro atoms. The Morgan fingerprint density at radius 1 is 1.30 bits per heavy atom. The summed E-state index contributed by atoms with van der Waals surface area (Å²) in [6, 6.07) is 4.77. The second-order valence-corrected chi connectivity index (χ2v) is 7.28. The minimum absolute atomic E-state index is 0.287. The van der Waals surface area contributed by atoms with Gasteiger partial charge in [0, 0.05) is 29.1 Å². The molecule has 6 heteroatoms. The zero-order chi connectivity index (χ0) is 16.0. The van der Waals surface area contributed by atoms with Crippen molar-refractivity contribution in [1.82, 2.24) is 9.97 Å². The quantitative estimate of drug-likeness (QED) is 0.692. The fourth-order valence-electron chi connectivity index (χ4n) is 3.20. The summed E-state index contributed by atoms with van der Waals surface area (Å²) in [6.07, 6.45) is 4.97. The van der Waals surface area contributed by atoms with Crippen molar-refractivity contribution in [3.8, 4) is 0 Å². The molecule has 1 aromatic carbocycles. The predicted molar refractivity (Wildman–Crippen MR) is 93.0 cm³/mol. The maximum Gasteiger partial charge on any atom is 0.141 e. The Hall–Kier alpha value is -1.72. The lowest BCUT2D eigenvalue weighted by atomic mass is 10.1. The molecule has 1 aliphatic rings. The van der Waals surface area contributed by atoms with Crippen LogP contribution in [-0.4, -0.2) is 17.0 Å². The van der Waals surface area contributed by atoms with Gasteiger partial charge in [0.2, 0.25) is 0 Å². The molecule has 3 aromatic rings. The number of aromatic nitrogens is 2. The lowest BCUT2D eigenvalue weighted by molar-refractivity contribution is 0.607. The number of anilines is 1. The average molecular weight is 348 g/mol. The molecular weight excluding hydrogens is 333 g/mol. The molecular formula is C17H15ClFN3S. The van der Waals surface area contributed by atoms with E-state index in [9.17, 15) is 4.39 Å². The summed E-state index contributed by atoms with van der Waals surface area (Å²) in [5.41, 5.74) is 1.86. The molecule has 2 heterocycles. The molecule has 118 valence electrons. The van der Waals surface area contributed by atoms with Gasteiger partial charge < -0.3 is 4.90 Å². The average Bonchev–Trinajstić information content (AvgIpc) is 3.11. The molecule has 0 radical (unpaired) electrons. The van der Waals surface area contributed by atoms with E-state index in [1.165, 1.54) is 22.9 Å². The van der Waals surface area contributed by atoms with Gasteiger partial charge in [-0.25, -0.2) is 14.4 Å². The fourth-order valence-corrected chi connectivity index (χ4v) is 4.64. The summed E-state index contributed by atoms with van der Waals surface area (Å²) in [4.78, 5) is 13.3. The van der Waals surface area contributed by atoms with Crippen molar-refractivity contribution >= 4 is 39.0 Å². The van der Waals surface area contributed by atoms with Crippen LogP contribution in [-0.2, 0) is 19.4 Å². The van der Waals surface area contributed by atoms with Gasteiger partial charge in [0.15, 0.2) is 0 Å². The van der Waals surface area contributed by atoms with Gasteiger partial charge in [-0.05, 0) is 37.0 Å². The molecule has 2 aromatic heterocycles. The minimum atomic E-state index is -0.287. The van der Waals surface area contributed by atoms with Gasteiger partial charge in [-0.3, -0.25) is 0 Å². The van der Waals surface area contributed by atoms with Crippen molar-refractivity contribution in [2.24, 2.45) is 0 Å². The molecule has 0 atom stereocenters. The minimum Gasteiger partial charge on any atom is -0.355 e. The van der Waals surface area contributed by atoms with Crippen molar-refractivity contribution in [3.05, 3.63) is 51.4 Å². The highest BCUT2D eigenvalue weighted by Crippen LogP contribution is 2.40. The third-order valence-electron chi connectivity index (χ3n) is 4.30. The van der Waals surface area contributed by atoms with Gasteiger partial charge in [0.05, 0.1) is 5.39 Å². The Balaban J connectivity index is 1.77. The molecule has 0 saturated heterocycles. The Labute approximate surface area is 142 Å². The van der Waals surface area contributed by atoms with Gasteiger partial charge in [-0.2, -0.15) is 0 Å². The Morgan fingerprint density at radius 2 is 2.17 bits per heavy atom. The highest BCUT2D eigenvalue weighted by atomic mass is 35.5. The number of hydrogen-bond donors (Lipinski definition) is 0. The maximum absolute atomic E-state index is 14.1. The number of halogens is 2. The number of nitrogens with zero attached hydrogens (tertiary/aromatic N) is 3. The molecule has 23 heavy (non-hydrogen) atoms. The smallest absolute Gasteiger partial charge is 0.141 e. The first kappa shape index (κ1) is 14.8. The number of thiophene rings is 1. The Kier molecular flexibility index (Phi) is 3.70. The van der Waals surface area contributed by atoms with Crippen molar-refractivity contribution in [3.63, 3.8) is 0 Å². The van der Waals surface area contributed by atoms with Crippen molar-refractivity contribution < 1.29 is 4.39 Å². The highest BCUT2D eigenvalue weighted by Gasteiger charge is 2.23. The van der Waals surface area contributed by atoms with Gasteiger partial charge in [-0.15, -0.1) is 11.3 Å². The second kappa shape index (κ2) is 5.73. The van der Waals surface area contributed by atoms with Crippen LogP contribution in [0.4, 0.5) is 10.2 Å². The predicted octanol–water partition coefficient (Wildman–Crippen LogP) is 4.61. The SMILES string of the molecule is CN(Cc1c(F)cccc1Cl)c1ncnc2sc3c(c12)CCC3. The van der Waals surface area contributed by atoms with Gasteiger partial charge >= 0.3 is 0 Å². The highest BCUT2D eigenvalue weighted by molar-refractivity contribution is 7.19. The van der Waals surface area contributed by atoms with Gasteiger partial charge in [0.1, 0.15) is 22.8 Å². The van der Waals surface area contributed by atoms with E-state index >= 15 is 0 Å². The van der Waals surface area contributed by atoms with E-state index in [0.29, 0.717) is 17.1 Å². The lowest BCUT2D eigenvalue weighted by Gasteiger charge is -2.20. The Morgan fingerprint density at radius 3 is 3.00 bits per heavy atom. The van der Waals surface area contributed by atoms with Crippen LogP contribution in [0.5, 0.6) is 0 Å². The first-order valence-corrected chi connectivity index (χ1v) is 8.74. The molecule has 3 nitrogen and oxygen atoms in total. The Bertz CT molecular complexity index is 873. The van der Waals surface area contributed by atoms with E-state index < -0.39 is 0 Å². The van der Waals surface area contributed by atoms with E-state index in [4.69, 9.17) is 11.6 Å². The van der Waals surface area contributed by atoms with E-state index in [2.05, 4.69) is 9.97 Å². The molecule has 0 bridgehead atoms. The molecule has 0 amide bonds. The van der Waals surface area contributed by atoms with Crippen LogP contribution in [0.1, 0.15) is 22.4 Å². The van der Waals surface area contributed by atoms with Gasteiger partial charge in [0.25, 0.3) is 0 Å². The molecule has 0 N–H and O–H groups in total. The van der Waals surface area contributed by atoms with Crippen molar-refractivity contribution in [2.45, 2.75) is 25.8 Å². The largest absolute Gasteiger partial charge is 0.355 e. The number of rotatable bonds is 3. The standard InChI is InChI=1S/C17H15ClFN3S/c1-22(8-11-12(18)5-3-6-13(11)19)16-15-10-4-2-7-14(10)23-17(15)21-9-20-16/h3,5-6,9H,2,4,7-8H2,1H3. The van der Waals surface area contributed by atoms with Gasteiger partial charge in [-0.1, -0.05) is 17.7 Å². The monoisotopic (exact) mass is 347 g/mol. The van der Waals surface area contributed by atoms with E-state index in [1.807, 2.05) is 11.9 Å². The third kappa shape index (κ3) is 2.48. The van der Waals surface area contributed by atoms with Crippen LogP contribution >= 0.6 is 22.9 Å². The molecule has 4 rings (SSSR count). The molecule has 0 aliphatic heterocycles. The van der Waals surface area contributed by atoms with E-state index in [-0.39, 0.29) is 5.82 Å². The topological polar surface area (TPSA) is 29.0 Å². The summed E-state index contributed by atoms with van der Waals surface area (Å²) in [7, 11) is 1.92. The molecule has 0 saturated carbocycles. The summed E-state index contributed by atoms with van der Waals surface area (Å²) in [5.74, 6) is 0.568. The lowest BCUT2D eigenvalue weighted by Crippen LogP contribution is -2.19. The molecule has 0 unspecified atom stereocenters. The first-order chi connectivity index (χ1) is 11.1. The number of hydrogen-bond acceptors (Lipinski definition) is 4. The van der Waals surface area contributed by atoms with Crippen LogP contribution in [0.25, 0.3) is 10.2 Å².